The minimum Gasteiger partial charge on any atom is -0.461 e. The van der Waals surface area contributed by atoms with Crippen LogP contribution in [-0.4, -0.2) is 167 Å². The van der Waals surface area contributed by atoms with E-state index in [-0.39, 0.29) is 71.4 Å². The summed E-state index contributed by atoms with van der Waals surface area (Å²) in [5, 5.41) is 23.3. The summed E-state index contributed by atoms with van der Waals surface area (Å²) >= 11 is 0. The molecule has 17 heteroatoms. The van der Waals surface area contributed by atoms with Gasteiger partial charge < -0.3 is 71.8 Å². The van der Waals surface area contributed by atoms with Gasteiger partial charge in [0, 0.05) is 65.5 Å². The normalized spacial score (nSPS) is 50.6. The number of ketones is 1. The zero-order valence-corrected chi connectivity index (χ0v) is 45.0. The number of hydrogen-bond donors (Lipinski definition) is 2. The molecule has 71 heavy (non-hydrogen) atoms. The summed E-state index contributed by atoms with van der Waals surface area (Å²) in [7, 11) is 6.59. The van der Waals surface area contributed by atoms with E-state index in [9.17, 15) is 19.8 Å². The van der Waals surface area contributed by atoms with Gasteiger partial charge in [-0.15, -0.1) is 0 Å². The van der Waals surface area contributed by atoms with Crippen molar-refractivity contribution in [3.63, 3.8) is 0 Å². The van der Waals surface area contributed by atoms with E-state index in [0.717, 1.165) is 32.1 Å². The number of ether oxygens (including phenoxy) is 13. The van der Waals surface area contributed by atoms with Crippen molar-refractivity contribution in [2.45, 2.75) is 262 Å². The van der Waals surface area contributed by atoms with Gasteiger partial charge in [-0.2, -0.15) is 0 Å². The van der Waals surface area contributed by atoms with Crippen LogP contribution in [0.25, 0.3) is 0 Å². The molecule has 0 spiro atoms. The van der Waals surface area contributed by atoms with Crippen LogP contribution in [-0.2, 0) is 71.2 Å². The summed E-state index contributed by atoms with van der Waals surface area (Å²) in [6.07, 6.45) is 0.763. The largest absolute Gasteiger partial charge is 0.461 e. The molecular weight excluding hydrogens is 921 g/mol. The van der Waals surface area contributed by atoms with Gasteiger partial charge in [0.2, 0.25) is 0 Å². The molecule has 0 amide bonds. The first kappa shape index (κ1) is 55.8. The van der Waals surface area contributed by atoms with E-state index in [1.807, 2.05) is 41.5 Å². The number of aliphatic hydroxyl groups is 2. The second-order valence-corrected chi connectivity index (χ2v) is 23.3. The maximum Gasteiger partial charge on any atom is 0.308 e. The molecule has 2 N–H and O–H groups in total. The van der Waals surface area contributed by atoms with Crippen LogP contribution in [0.4, 0.5) is 0 Å². The Morgan fingerprint density at radius 3 is 1.58 bits per heavy atom. The number of rotatable bonds is 16. The summed E-state index contributed by atoms with van der Waals surface area (Å²) in [6.45, 7) is 17.6. The topological polar surface area (TPSA) is 195 Å². The number of esters is 1. The Morgan fingerprint density at radius 1 is 0.620 bits per heavy atom. The number of aliphatic hydroxyl groups excluding tert-OH is 1. The first-order valence-corrected chi connectivity index (χ1v) is 27.2. The van der Waals surface area contributed by atoms with Crippen molar-refractivity contribution in [1.82, 2.24) is 0 Å². The predicted molar refractivity (Wildman–Crippen MR) is 257 cm³/mol. The molecule has 4 unspecified atom stereocenters. The van der Waals surface area contributed by atoms with Gasteiger partial charge in [-0.1, -0.05) is 27.7 Å². The quantitative estimate of drug-likeness (QED) is 0.127. The Bertz CT molecular complexity index is 1790. The molecule has 4 saturated carbocycles. The first-order chi connectivity index (χ1) is 33.7. The van der Waals surface area contributed by atoms with E-state index in [1.54, 1.807) is 42.3 Å². The van der Waals surface area contributed by atoms with Crippen LogP contribution in [0.2, 0.25) is 0 Å². The highest BCUT2D eigenvalue weighted by Crippen LogP contribution is 2.70. The van der Waals surface area contributed by atoms with E-state index >= 15 is 0 Å². The molecule has 0 radical (unpaired) electrons. The minimum atomic E-state index is -1.08. The van der Waals surface area contributed by atoms with Crippen molar-refractivity contribution in [2.75, 3.05) is 28.4 Å². The van der Waals surface area contributed by atoms with Crippen molar-refractivity contribution in [3.05, 3.63) is 0 Å². The third kappa shape index (κ3) is 10.7. The van der Waals surface area contributed by atoms with Gasteiger partial charge in [-0.05, 0) is 116 Å². The monoisotopic (exact) mass is 1010 g/mol. The van der Waals surface area contributed by atoms with Gasteiger partial charge in [-0.3, -0.25) is 9.59 Å². The summed E-state index contributed by atoms with van der Waals surface area (Å²) in [4.78, 5) is 26.6. The fraction of sp³-hybridized carbons (Fsp3) is 0.963. The molecule has 4 aliphatic carbocycles. The molecule has 0 aromatic heterocycles. The van der Waals surface area contributed by atoms with Gasteiger partial charge in [0.05, 0.1) is 66.5 Å². The number of carbonyl (C=O) groups is 2. The molecular formula is C54H90O17. The average Bonchev–Trinajstić information content (AvgIpc) is 3.63. The minimum absolute atomic E-state index is 0.00893. The van der Waals surface area contributed by atoms with Crippen LogP contribution in [0.15, 0.2) is 0 Å². The first-order valence-electron chi connectivity index (χ1n) is 27.2. The van der Waals surface area contributed by atoms with Gasteiger partial charge in [-0.25, -0.2) is 0 Å². The van der Waals surface area contributed by atoms with Crippen molar-refractivity contribution >= 4 is 11.8 Å². The molecule has 408 valence electrons. The molecule has 26 atom stereocenters. The molecule has 8 fully saturated rings. The number of Topliss-reactive ketones (excluding diaryl/α,β-unsaturated/α-hetero) is 1. The summed E-state index contributed by atoms with van der Waals surface area (Å²) < 4.78 is 82.0. The van der Waals surface area contributed by atoms with Gasteiger partial charge in [0.15, 0.2) is 25.2 Å². The SMILES string of the molecule is CCC(C)C(=O)O[C@@H]1CC2C(CCC3C[C@@H](O[C@@H]4C[C@H](OC)[C@H](O[C@H]5C[C@H](OC)[C@H](O[C@H]6C[C@H](OC)[C@H](O[C@H]7C[C@@H](OC)[C@H](O)[C@@H](C)O7)[C@@H](C)O6)[C@@H](C)O5)[C@@H](C)O4)CC[C@@]32C)[C@@]2(O)CC[C@H](C(C)=O)[C@@]12C. The summed E-state index contributed by atoms with van der Waals surface area (Å²) in [5.41, 5.74) is -1.99. The van der Waals surface area contributed by atoms with E-state index in [2.05, 4.69) is 6.92 Å². The fourth-order valence-electron chi connectivity index (χ4n) is 15.1. The van der Waals surface area contributed by atoms with E-state index in [1.165, 1.54) is 0 Å². The molecule has 8 aliphatic rings. The zero-order chi connectivity index (χ0) is 51.3. The van der Waals surface area contributed by atoms with Crippen LogP contribution >= 0.6 is 0 Å². The van der Waals surface area contributed by atoms with Gasteiger partial charge in [0.25, 0.3) is 0 Å². The number of hydrogen-bond acceptors (Lipinski definition) is 17. The van der Waals surface area contributed by atoms with Gasteiger partial charge >= 0.3 is 5.97 Å². The second kappa shape index (κ2) is 22.7. The Hall–Kier alpha value is -1.42. The van der Waals surface area contributed by atoms with Crippen LogP contribution in [0.3, 0.4) is 0 Å². The van der Waals surface area contributed by atoms with E-state index in [0.29, 0.717) is 57.3 Å². The lowest BCUT2D eigenvalue weighted by atomic mass is 9.42. The van der Waals surface area contributed by atoms with Crippen molar-refractivity contribution in [1.29, 1.82) is 0 Å². The van der Waals surface area contributed by atoms with Gasteiger partial charge in [0.1, 0.15) is 36.3 Å². The Balaban J connectivity index is 0.845. The molecule has 0 bridgehead atoms. The van der Waals surface area contributed by atoms with Crippen molar-refractivity contribution < 1.29 is 81.4 Å². The standard InChI is InChI=1S/C54H90O17/c1-14-27(2)51(57)68-42-22-37-36(54(58)20-18-35(28(3)55)53(42,54)9)16-15-33-21-34(17-19-52(33,37)8)67-43-24-39(60-11)48(30(5)64-43)70-45-26-41(62-13)50(32(7)66-45)71-46-25-40(61-12)49(31(6)65-46)69-44-23-38(59-10)47(56)29(4)63-44/h27,29-50,56,58H,14-26H2,1-13H3/t27?,29-,30-,31-,32-,33?,34+,35-,36?,37?,38-,39+,40+,41+,42-,43-,44+,45+,46+,47-,48-,49-,50-,52+,53+,54+/m1/s1. The molecule has 8 rings (SSSR count). The highest BCUT2D eigenvalue weighted by molar-refractivity contribution is 5.80. The van der Waals surface area contributed by atoms with E-state index in [4.69, 9.17) is 61.6 Å². The molecule has 17 nitrogen and oxygen atoms in total. The molecule has 0 aromatic carbocycles. The second-order valence-electron chi connectivity index (χ2n) is 23.3. The predicted octanol–water partition coefficient (Wildman–Crippen LogP) is 6.42. The van der Waals surface area contributed by atoms with Crippen LogP contribution in [0, 0.1) is 40.4 Å². The van der Waals surface area contributed by atoms with Crippen LogP contribution in [0.5, 0.6) is 0 Å². The molecule has 4 aliphatic heterocycles. The zero-order valence-electron chi connectivity index (χ0n) is 45.0. The maximum absolute atomic E-state index is 13.4. The van der Waals surface area contributed by atoms with E-state index < -0.39 is 91.1 Å². The van der Waals surface area contributed by atoms with Crippen LogP contribution < -0.4 is 0 Å². The lowest BCUT2D eigenvalue weighted by Crippen LogP contribution is -2.68. The molecule has 4 heterocycles. The third-order valence-corrected chi connectivity index (χ3v) is 19.6. The summed E-state index contributed by atoms with van der Waals surface area (Å²) in [6, 6.07) is 0. The highest BCUT2D eigenvalue weighted by Gasteiger charge is 2.72. The molecule has 4 saturated heterocycles. The lowest BCUT2D eigenvalue weighted by Gasteiger charge is -2.65. The highest BCUT2D eigenvalue weighted by atomic mass is 16.8. The Kier molecular flexibility index (Phi) is 17.8. The number of fused-ring (bicyclic) bond motifs is 5. The maximum atomic E-state index is 13.4. The Morgan fingerprint density at radius 2 is 1.10 bits per heavy atom. The molecule has 0 aromatic rings. The number of carbonyl (C=O) groups excluding carboxylic acids is 2. The van der Waals surface area contributed by atoms with Crippen molar-refractivity contribution in [3.8, 4) is 0 Å². The third-order valence-electron chi connectivity index (χ3n) is 19.6. The Labute approximate surface area is 422 Å². The average molecular weight is 1010 g/mol. The lowest BCUT2D eigenvalue weighted by molar-refractivity contribution is -0.347. The van der Waals surface area contributed by atoms with Crippen molar-refractivity contribution in [2.24, 2.45) is 40.4 Å². The van der Waals surface area contributed by atoms with Crippen LogP contribution in [0.1, 0.15) is 146 Å². The fourth-order valence-corrected chi connectivity index (χ4v) is 15.1. The number of methoxy groups -OCH3 is 4. The smallest absolute Gasteiger partial charge is 0.308 e. The summed E-state index contributed by atoms with van der Waals surface area (Å²) in [5.74, 6) is -0.205.